The molecule has 1 atom stereocenters. The molecule has 150 valence electrons. The van der Waals surface area contributed by atoms with Crippen LogP contribution in [-0.2, 0) is 6.54 Å². The maximum Gasteiger partial charge on any atom is 0.271 e. The molecule has 0 aliphatic heterocycles. The summed E-state index contributed by atoms with van der Waals surface area (Å²) in [6.07, 6.45) is 3.02. The highest BCUT2D eigenvalue weighted by atomic mass is 16.5. The molecule has 1 amide bonds. The van der Waals surface area contributed by atoms with Gasteiger partial charge in [-0.05, 0) is 30.2 Å². The molecule has 0 aliphatic carbocycles. The van der Waals surface area contributed by atoms with Crippen LogP contribution in [0.4, 0.5) is 5.82 Å². The third-order valence-corrected chi connectivity index (χ3v) is 4.45. The second-order valence-corrected chi connectivity index (χ2v) is 6.44. The predicted octanol–water partition coefficient (Wildman–Crippen LogP) is 3.60. The molecule has 0 fully saturated rings. The summed E-state index contributed by atoms with van der Waals surface area (Å²) >= 11 is 0. The molecule has 0 saturated heterocycles. The number of nitrogens with one attached hydrogen (secondary N) is 2. The Balaban J connectivity index is 1.58. The number of amides is 1. The Morgan fingerprint density at radius 2 is 1.76 bits per heavy atom. The number of nitrogens with zero attached hydrogens (tertiary/aromatic N) is 2. The molecule has 2 aromatic carbocycles. The lowest BCUT2D eigenvalue weighted by molar-refractivity contribution is 0.0945. The van der Waals surface area contributed by atoms with Crippen molar-refractivity contribution in [1.29, 1.82) is 0 Å². The SMILES string of the molecule is COc1ccc(CNC(=O)c2cnc(NC(C)c3ccccc3)cn2)cc1OC. The average molecular weight is 392 g/mol. The molecule has 2 N–H and O–H groups in total. The van der Waals surface area contributed by atoms with Gasteiger partial charge in [0.15, 0.2) is 11.5 Å². The van der Waals surface area contributed by atoms with Crippen LogP contribution in [0.1, 0.15) is 34.6 Å². The second-order valence-electron chi connectivity index (χ2n) is 6.44. The van der Waals surface area contributed by atoms with Crippen LogP contribution in [0, 0.1) is 0 Å². The van der Waals surface area contributed by atoms with E-state index in [-0.39, 0.29) is 17.6 Å². The Hall–Kier alpha value is -3.61. The van der Waals surface area contributed by atoms with Crippen LogP contribution < -0.4 is 20.1 Å². The van der Waals surface area contributed by atoms with E-state index >= 15 is 0 Å². The predicted molar refractivity (Wildman–Crippen MR) is 111 cm³/mol. The number of hydrogen-bond acceptors (Lipinski definition) is 6. The second kappa shape index (κ2) is 9.54. The minimum absolute atomic E-state index is 0.0789. The number of carbonyl (C=O) groups excluding carboxylic acids is 1. The monoisotopic (exact) mass is 392 g/mol. The van der Waals surface area contributed by atoms with E-state index in [0.717, 1.165) is 11.1 Å². The van der Waals surface area contributed by atoms with E-state index in [1.807, 2.05) is 49.4 Å². The lowest BCUT2D eigenvalue weighted by Gasteiger charge is -2.14. The zero-order valence-corrected chi connectivity index (χ0v) is 16.7. The van der Waals surface area contributed by atoms with Gasteiger partial charge < -0.3 is 20.1 Å². The van der Waals surface area contributed by atoms with E-state index in [9.17, 15) is 4.79 Å². The third kappa shape index (κ3) is 5.22. The summed E-state index contributed by atoms with van der Waals surface area (Å²) in [7, 11) is 3.15. The fourth-order valence-corrected chi connectivity index (χ4v) is 2.83. The third-order valence-electron chi connectivity index (χ3n) is 4.45. The molecule has 0 spiro atoms. The van der Waals surface area contributed by atoms with Crippen molar-refractivity contribution < 1.29 is 14.3 Å². The van der Waals surface area contributed by atoms with Gasteiger partial charge >= 0.3 is 0 Å². The normalized spacial score (nSPS) is 11.4. The average Bonchev–Trinajstić information content (AvgIpc) is 2.78. The molecule has 7 heteroatoms. The summed E-state index contributed by atoms with van der Waals surface area (Å²) < 4.78 is 10.5. The van der Waals surface area contributed by atoms with E-state index in [4.69, 9.17) is 9.47 Å². The van der Waals surface area contributed by atoms with Crippen LogP contribution in [0.3, 0.4) is 0 Å². The number of benzene rings is 2. The molecule has 7 nitrogen and oxygen atoms in total. The Kier molecular flexibility index (Phi) is 6.63. The van der Waals surface area contributed by atoms with Gasteiger partial charge in [-0.3, -0.25) is 4.79 Å². The summed E-state index contributed by atoms with van der Waals surface area (Å²) in [5.41, 5.74) is 2.29. The van der Waals surface area contributed by atoms with Gasteiger partial charge in [-0.2, -0.15) is 0 Å². The fourth-order valence-electron chi connectivity index (χ4n) is 2.83. The van der Waals surface area contributed by atoms with Gasteiger partial charge in [-0.25, -0.2) is 9.97 Å². The number of anilines is 1. The van der Waals surface area contributed by atoms with Gasteiger partial charge in [0.2, 0.25) is 0 Å². The minimum atomic E-state index is -0.296. The maximum atomic E-state index is 12.4. The van der Waals surface area contributed by atoms with Gasteiger partial charge in [0.05, 0.1) is 26.6 Å². The minimum Gasteiger partial charge on any atom is -0.493 e. The first-order chi connectivity index (χ1) is 14.1. The number of rotatable bonds is 8. The van der Waals surface area contributed by atoms with Gasteiger partial charge in [0, 0.05) is 12.6 Å². The summed E-state index contributed by atoms with van der Waals surface area (Å²) in [6.45, 7) is 2.38. The molecule has 1 aromatic heterocycles. The number of aromatic nitrogens is 2. The first kappa shape index (κ1) is 20.1. The molecular weight excluding hydrogens is 368 g/mol. The Labute approximate surface area is 170 Å². The molecule has 3 rings (SSSR count). The zero-order valence-electron chi connectivity index (χ0n) is 16.7. The number of ether oxygens (including phenoxy) is 2. The van der Waals surface area contributed by atoms with Crippen LogP contribution in [0.5, 0.6) is 11.5 Å². The van der Waals surface area contributed by atoms with Crippen molar-refractivity contribution in [3.8, 4) is 11.5 Å². The fraction of sp³-hybridized carbons (Fsp3) is 0.227. The first-order valence-corrected chi connectivity index (χ1v) is 9.23. The van der Waals surface area contributed by atoms with Crippen LogP contribution in [-0.4, -0.2) is 30.1 Å². The Bertz CT molecular complexity index is 946. The molecule has 3 aromatic rings. The van der Waals surface area contributed by atoms with Crippen molar-refractivity contribution in [2.45, 2.75) is 19.5 Å². The summed E-state index contributed by atoms with van der Waals surface area (Å²) in [5.74, 6) is 1.57. The Morgan fingerprint density at radius 1 is 1.00 bits per heavy atom. The lowest BCUT2D eigenvalue weighted by Crippen LogP contribution is -2.24. The number of hydrogen-bond donors (Lipinski definition) is 2. The highest BCUT2D eigenvalue weighted by Gasteiger charge is 2.11. The van der Waals surface area contributed by atoms with E-state index < -0.39 is 0 Å². The van der Waals surface area contributed by atoms with Crippen LogP contribution in [0.15, 0.2) is 60.9 Å². The molecular formula is C22H24N4O3. The molecule has 0 aliphatic rings. The van der Waals surface area contributed by atoms with Gasteiger partial charge in [-0.1, -0.05) is 36.4 Å². The van der Waals surface area contributed by atoms with E-state index in [0.29, 0.717) is 23.9 Å². The van der Waals surface area contributed by atoms with Gasteiger partial charge in [-0.15, -0.1) is 0 Å². The summed E-state index contributed by atoms with van der Waals surface area (Å²) in [5, 5.41) is 6.11. The van der Waals surface area contributed by atoms with E-state index in [2.05, 4.69) is 20.6 Å². The number of carbonyl (C=O) groups is 1. The molecule has 29 heavy (non-hydrogen) atoms. The van der Waals surface area contributed by atoms with E-state index in [1.165, 1.54) is 6.20 Å². The largest absolute Gasteiger partial charge is 0.493 e. The summed E-state index contributed by atoms with van der Waals surface area (Å²) in [4.78, 5) is 20.9. The van der Waals surface area contributed by atoms with Crippen molar-refractivity contribution in [2.24, 2.45) is 0 Å². The quantitative estimate of drug-likeness (QED) is 0.609. The van der Waals surface area contributed by atoms with Crippen molar-refractivity contribution in [3.63, 3.8) is 0 Å². The van der Waals surface area contributed by atoms with Gasteiger partial charge in [0.25, 0.3) is 5.91 Å². The number of methoxy groups -OCH3 is 2. The maximum absolute atomic E-state index is 12.4. The smallest absolute Gasteiger partial charge is 0.271 e. The first-order valence-electron chi connectivity index (χ1n) is 9.23. The molecule has 0 bridgehead atoms. The van der Waals surface area contributed by atoms with Crippen molar-refractivity contribution in [3.05, 3.63) is 77.7 Å². The molecule has 1 heterocycles. The van der Waals surface area contributed by atoms with Crippen molar-refractivity contribution in [2.75, 3.05) is 19.5 Å². The molecule has 0 saturated carbocycles. The zero-order chi connectivity index (χ0) is 20.6. The van der Waals surface area contributed by atoms with Crippen molar-refractivity contribution in [1.82, 2.24) is 15.3 Å². The van der Waals surface area contributed by atoms with E-state index in [1.54, 1.807) is 26.5 Å². The Morgan fingerprint density at radius 3 is 2.41 bits per heavy atom. The van der Waals surface area contributed by atoms with Crippen LogP contribution in [0.2, 0.25) is 0 Å². The molecule has 0 radical (unpaired) electrons. The van der Waals surface area contributed by atoms with Gasteiger partial charge in [0.1, 0.15) is 11.5 Å². The summed E-state index contributed by atoms with van der Waals surface area (Å²) in [6, 6.07) is 15.6. The highest BCUT2D eigenvalue weighted by Crippen LogP contribution is 2.27. The van der Waals surface area contributed by atoms with Crippen molar-refractivity contribution >= 4 is 11.7 Å². The molecule has 1 unspecified atom stereocenters. The standard InChI is InChI=1S/C22H24N4O3/c1-15(17-7-5-4-6-8-17)26-21-14-23-18(13-24-21)22(27)25-12-16-9-10-19(28-2)20(11-16)29-3/h4-11,13-15H,12H2,1-3H3,(H,24,26)(H,25,27). The topological polar surface area (TPSA) is 85.4 Å². The van der Waals surface area contributed by atoms with Crippen LogP contribution >= 0.6 is 0 Å². The lowest BCUT2D eigenvalue weighted by atomic mass is 10.1. The van der Waals surface area contributed by atoms with Crippen LogP contribution in [0.25, 0.3) is 0 Å². The highest BCUT2D eigenvalue weighted by molar-refractivity contribution is 5.91.